The van der Waals surface area contributed by atoms with Crippen LogP contribution in [0.15, 0.2) is 30.7 Å². The minimum absolute atomic E-state index is 0.0712. The van der Waals surface area contributed by atoms with Gasteiger partial charge in [0, 0.05) is 37.3 Å². The van der Waals surface area contributed by atoms with Crippen LogP contribution in [0.1, 0.15) is 6.92 Å². The van der Waals surface area contributed by atoms with Crippen molar-refractivity contribution < 1.29 is 9.47 Å². The average molecular weight is 353 g/mol. The van der Waals surface area contributed by atoms with Crippen LogP contribution in [0.4, 0.5) is 5.95 Å². The number of nitrogens with zero attached hydrogens (tertiary/aromatic N) is 5. The molecule has 4 aromatic rings. The molecule has 4 aromatic heterocycles. The van der Waals surface area contributed by atoms with Crippen molar-refractivity contribution in [3.05, 3.63) is 30.7 Å². The van der Waals surface area contributed by atoms with Crippen molar-refractivity contribution in [2.45, 2.75) is 13.0 Å². The number of methoxy groups -OCH3 is 2. The Morgan fingerprint density at radius 2 is 2.15 bits per heavy atom. The second kappa shape index (κ2) is 6.60. The molecule has 0 unspecified atom stereocenters. The zero-order chi connectivity index (χ0) is 18.1. The SMILES string of the molecule is COC[C@@H](C)Nc1nc(OC)c2c(-c3ccc4nccn4n3)c[nH]c2n1. The monoisotopic (exact) mass is 353 g/mol. The fraction of sp³-hybridized carbons (Fsp3) is 0.294. The molecule has 26 heavy (non-hydrogen) atoms. The molecule has 0 aromatic carbocycles. The maximum Gasteiger partial charge on any atom is 0.228 e. The molecule has 0 aliphatic heterocycles. The van der Waals surface area contributed by atoms with Crippen LogP contribution in [-0.4, -0.2) is 56.4 Å². The number of rotatable bonds is 6. The number of aromatic nitrogens is 6. The van der Waals surface area contributed by atoms with Gasteiger partial charge in [-0.1, -0.05) is 0 Å². The molecule has 0 aliphatic carbocycles. The summed E-state index contributed by atoms with van der Waals surface area (Å²) in [5.74, 6) is 0.955. The fourth-order valence-electron chi connectivity index (χ4n) is 2.89. The smallest absolute Gasteiger partial charge is 0.228 e. The Bertz CT molecular complexity index is 1060. The molecular weight excluding hydrogens is 334 g/mol. The predicted molar refractivity (Wildman–Crippen MR) is 97.4 cm³/mol. The van der Waals surface area contributed by atoms with Gasteiger partial charge in [-0.25, -0.2) is 9.50 Å². The topological polar surface area (TPSA) is 102 Å². The van der Waals surface area contributed by atoms with Gasteiger partial charge in [0.25, 0.3) is 0 Å². The standard InChI is InChI=1S/C17H19N7O2/c1-10(9-25-2)20-17-21-15-14(16(22-17)26-3)11(8-19-15)12-4-5-13-18-6-7-24(13)23-12/h4-8,10H,9H2,1-3H3,(H2,19,20,21,22)/t10-/m1/s1. The van der Waals surface area contributed by atoms with Gasteiger partial charge in [-0.05, 0) is 19.1 Å². The van der Waals surface area contributed by atoms with E-state index in [4.69, 9.17) is 9.47 Å². The molecule has 0 saturated heterocycles. The van der Waals surface area contributed by atoms with Crippen LogP contribution in [0.5, 0.6) is 5.88 Å². The van der Waals surface area contributed by atoms with Crippen molar-refractivity contribution in [1.82, 2.24) is 29.5 Å². The van der Waals surface area contributed by atoms with Crippen LogP contribution in [-0.2, 0) is 4.74 Å². The Labute approximate surface area is 149 Å². The van der Waals surface area contributed by atoms with Crippen molar-refractivity contribution in [2.24, 2.45) is 0 Å². The number of hydrogen-bond donors (Lipinski definition) is 2. The van der Waals surface area contributed by atoms with Gasteiger partial charge in [0.2, 0.25) is 11.8 Å². The summed E-state index contributed by atoms with van der Waals surface area (Å²) in [6, 6.07) is 3.90. The lowest BCUT2D eigenvalue weighted by atomic mass is 10.1. The summed E-state index contributed by atoms with van der Waals surface area (Å²) in [6.45, 7) is 2.54. The Morgan fingerprint density at radius 1 is 1.27 bits per heavy atom. The fourth-order valence-corrected chi connectivity index (χ4v) is 2.89. The van der Waals surface area contributed by atoms with E-state index in [-0.39, 0.29) is 6.04 Å². The summed E-state index contributed by atoms with van der Waals surface area (Å²) >= 11 is 0. The third kappa shape index (κ3) is 2.82. The third-order valence-corrected chi connectivity index (χ3v) is 4.01. The molecule has 0 saturated carbocycles. The quantitative estimate of drug-likeness (QED) is 0.547. The summed E-state index contributed by atoms with van der Waals surface area (Å²) in [7, 11) is 3.25. The molecule has 0 radical (unpaired) electrons. The van der Waals surface area contributed by atoms with Gasteiger partial charge in [0.15, 0.2) is 5.65 Å². The molecule has 4 heterocycles. The maximum absolute atomic E-state index is 5.51. The summed E-state index contributed by atoms with van der Waals surface area (Å²) in [4.78, 5) is 16.4. The van der Waals surface area contributed by atoms with Crippen LogP contribution >= 0.6 is 0 Å². The van der Waals surface area contributed by atoms with E-state index in [1.165, 1.54) is 0 Å². The molecule has 1 atom stereocenters. The van der Waals surface area contributed by atoms with E-state index in [0.29, 0.717) is 24.1 Å². The first-order valence-electron chi connectivity index (χ1n) is 8.19. The van der Waals surface area contributed by atoms with Crippen molar-refractivity contribution in [3.63, 3.8) is 0 Å². The largest absolute Gasteiger partial charge is 0.480 e. The Morgan fingerprint density at radius 3 is 2.96 bits per heavy atom. The number of imidazole rings is 1. The van der Waals surface area contributed by atoms with E-state index < -0.39 is 0 Å². The molecule has 134 valence electrons. The maximum atomic E-state index is 5.51. The van der Waals surface area contributed by atoms with E-state index in [1.54, 1.807) is 31.1 Å². The summed E-state index contributed by atoms with van der Waals surface area (Å²) in [6.07, 6.45) is 5.38. The van der Waals surface area contributed by atoms with Gasteiger partial charge in [0.1, 0.15) is 5.65 Å². The predicted octanol–water partition coefficient (Wildman–Crippen LogP) is 2.12. The van der Waals surface area contributed by atoms with Crippen molar-refractivity contribution >= 4 is 22.6 Å². The van der Waals surface area contributed by atoms with Crippen LogP contribution in [0.3, 0.4) is 0 Å². The van der Waals surface area contributed by atoms with Gasteiger partial charge in [-0.2, -0.15) is 15.1 Å². The van der Waals surface area contributed by atoms with Crippen molar-refractivity contribution in [2.75, 3.05) is 26.1 Å². The van der Waals surface area contributed by atoms with E-state index in [0.717, 1.165) is 22.3 Å². The van der Waals surface area contributed by atoms with E-state index >= 15 is 0 Å². The van der Waals surface area contributed by atoms with Crippen LogP contribution in [0.2, 0.25) is 0 Å². The first-order chi connectivity index (χ1) is 12.7. The van der Waals surface area contributed by atoms with Gasteiger partial charge in [0.05, 0.1) is 24.8 Å². The number of aromatic amines is 1. The Kier molecular flexibility index (Phi) is 4.13. The van der Waals surface area contributed by atoms with Crippen LogP contribution < -0.4 is 10.1 Å². The van der Waals surface area contributed by atoms with E-state index in [1.807, 2.05) is 25.3 Å². The summed E-state index contributed by atoms with van der Waals surface area (Å²) in [5, 5.41) is 8.58. The zero-order valence-corrected chi connectivity index (χ0v) is 14.7. The minimum Gasteiger partial charge on any atom is -0.480 e. The lowest BCUT2D eigenvalue weighted by molar-refractivity contribution is 0.190. The first-order valence-corrected chi connectivity index (χ1v) is 8.19. The Hall–Kier alpha value is -3.20. The molecule has 9 heteroatoms. The molecule has 2 N–H and O–H groups in total. The molecule has 0 amide bonds. The second-order valence-electron chi connectivity index (χ2n) is 5.93. The second-order valence-corrected chi connectivity index (χ2v) is 5.93. The summed E-state index contributed by atoms with van der Waals surface area (Å²) < 4.78 is 12.4. The van der Waals surface area contributed by atoms with E-state index in [9.17, 15) is 0 Å². The average Bonchev–Trinajstić information content (AvgIpc) is 3.27. The van der Waals surface area contributed by atoms with E-state index in [2.05, 4.69) is 30.4 Å². The number of fused-ring (bicyclic) bond motifs is 2. The number of hydrogen-bond acceptors (Lipinski definition) is 7. The highest BCUT2D eigenvalue weighted by Crippen LogP contribution is 2.33. The molecule has 9 nitrogen and oxygen atoms in total. The number of nitrogens with one attached hydrogen (secondary N) is 2. The van der Waals surface area contributed by atoms with Crippen LogP contribution in [0.25, 0.3) is 27.9 Å². The minimum atomic E-state index is 0.0712. The van der Waals surface area contributed by atoms with Crippen molar-refractivity contribution in [3.8, 4) is 17.1 Å². The number of anilines is 1. The Balaban J connectivity index is 1.79. The highest BCUT2D eigenvalue weighted by Gasteiger charge is 2.17. The van der Waals surface area contributed by atoms with Gasteiger partial charge in [-0.15, -0.1) is 0 Å². The van der Waals surface area contributed by atoms with Gasteiger partial charge < -0.3 is 19.8 Å². The van der Waals surface area contributed by atoms with Crippen molar-refractivity contribution in [1.29, 1.82) is 0 Å². The molecule has 0 bridgehead atoms. The van der Waals surface area contributed by atoms with Gasteiger partial charge >= 0.3 is 0 Å². The summed E-state index contributed by atoms with van der Waals surface area (Å²) in [5.41, 5.74) is 3.10. The molecule has 0 spiro atoms. The molecule has 0 fully saturated rings. The number of ether oxygens (including phenoxy) is 2. The highest BCUT2D eigenvalue weighted by molar-refractivity contribution is 5.96. The first kappa shape index (κ1) is 16.3. The van der Waals surface area contributed by atoms with Crippen LogP contribution in [0, 0.1) is 0 Å². The van der Waals surface area contributed by atoms with Gasteiger partial charge in [-0.3, -0.25) is 0 Å². The lowest BCUT2D eigenvalue weighted by Crippen LogP contribution is -2.22. The molecule has 4 rings (SSSR count). The lowest BCUT2D eigenvalue weighted by Gasteiger charge is -2.13. The molecule has 0 aliphatic rings. The number of H-pyrrole nitrogens is 1. The normalized spacial score (nSPS) is 12.6. The molecular formula is C17H19N7O2. The third-order valence-electron chi connectivity index (χ3n) is 4.01. The zero-order valence-electron chi connectivity index (χ0n) is 14.7. The highest BCUT2D eigenvalue weighted by atomic mass is 16.5.